The number of aromatic nitrogens is 8. The van der Waals surface area contributed by atoms with Gasteiger partial charge in [0.2, 0.25) is 0 Å². The molecule has 2 aliphatic heterocycles. The normalized spacial score (nSPS) is 11.9. The zero-order valence-electron chi connectivity index (χ0n) is 24.4. The molecule has 48 heavy (non-hydrogen) atoms. The maximum Gasteiger partial charge on any atom is 0.164 e. The van der Waals surface area contributed by atoms with Crippen molar-refractivity contribution in [2.24, 2.45) is 0 Å². The summed E-state index contributed by atoms with van der Waals surface area (Å²) < 4.78 is 36.2. The Morgan fingerprint density at radius 3 is 1.00 bits per heavy atom. The quantitative estimate of drug-likeness (QED) is 0.166. The van der Waals surface area contributed by atoms with Crippen LogP contribution in [0.15, 0.2) is 97.1 Å². The van der Waals surface area contributed by atoms with Gasteiger partial charge in [0.25, 0.3) is 0 Å². The van der Waals surface area contributed by atoms with E-state index in [-0.39, 0.29) is 0 Å². The Labute approximate surface area is 276 Å². The smallest absolute Gasteiger partial charge is 0.164 e. The van der Waals surface area contributed by atoms with E-state index in [0.717, 1.165) is 43.8 Å². The Kier molecular flexibility index (Phi) is 6.98. The van der Waals surface area contributed by atoms with Crippen LogP contribution in [0, 0.1) is 0 Å². The standard InChI is InChI=1S/C32H18N8.C2HF3O2.Al/c1-2-10-18-17(9-1)25-33-26(18)38-28-21-13-5-6-14-22(21)30(35-28)40-32-24-16-8-7-15-23(24)31(36-32)39-29-20-12-4-3-11-19(20)27(34-29)37-25;3-2(4,5)1(6)7;/h1-16H,(H2,33,34,35,36,37,38,39,40);(H,6,7);/q;;+3/p-1. The molecule has 0 aliphatic carbocycles. The first-order chi connectivity index (χ1) is 23.3. The van der Waals surface area contributed by atoms with Gasteiger partial charge in [-0.25, -0.2) is 29.9 Å². The number of nitrogens with zero attached hydrogens (tertiary/aromatic N) is 6. The molecule has 10 nitrogen and oxygen atoms in total. The summed E-state index contributed by atoms with van der Waals surface area (Å²) in [7, 11) is 0. The van der Waals surface area contributed by atoms with Crippen molar-refractivity contribution in [1.29, 1.82) is 0 Å². The molecule has 3 aromatic heterocycles. The van der Waals surface area contributed by atoms with Crippen LogP contribution in [0.25, 0.3) is 89.7 Å². The van der Waals surface area contributed by atoms with Crippen molar-refractivity contribution in [3.8, 4) is 45.6 Å². The van der Waals surface area contributed by atoms with Crippen molar-refractivity contribution in [2.75, 3.05) is 0 Å². The number of carbonyl (C=O) groups is 1. The number of aromatic amines is 2. The average molecular weight is 655 g/mol. The summed E-state index contributed by atoms with van der Waals surface area (Å²) in [6, 6.07) is 32.2. The van der Waals surface area contributed by atoms with E-state index in [1.165, 1.54) is 16.6 Å². The van der Waals surface area contributed by atoms with Crippen molar-refractivity contribution < 1.29 is 21.8 Å². The number of benzene rings is 4. The first kappa shape index (κ1) is 29.4. The van der Waals surface area contributed by atoms with Gasteiger partial charge in [-0.05, 0) is 0 Å². The zero-order valence-corrected chi connectivity index (χ0v) is 25.6. The summed E-state index contributed by atoms with van der Waals surface area (Å²) >= 11 is 1.21. The summed E-state index contributed by atoms with van der Waals surface area (Å²) in [6.07, 6.45) is -4.87. The third-order valence-corrected chi connectivity index (χ3v) is 8.01. The molecule has 7 aromatic rings. The molecule has 0 atom stereocenters. The predicted molar refractivity (Wildman–Crippen MR) is 174 cm³/mol. The number of carbonyl (C=O) groups excluding carboxylic acids is 1. The Morgan fingerprint density at radius 1 is 0.500 bits per heavy atom. The van der Waals surface area contributed by atoms with E-state index < -0.39 is 12.1 Å². The van der Waals surface area contributed by atoms with Crippen molar-refractivity contribution in [3.63, 3.8) is 0 Å². The van der Waals surface area contributed by atoms with Gasteiger partial charge in [-0.1, -0.05) is 97.1 Å². The second-order valence-electron chi connectivity index (χ2n) is 10.7. The summed E-state index contributed by atoms with van der Waals surface area (Å²) in [5, 5.41) is 3.82. The van der Waals surface area contributed by atoms with Crippen LogP contribution in [0.1, 0.15) is 0 Å². The minimum atomic E-state index is -4.87. The fourth-order valence-electron chi connectivity index (χ4n) is 5.66. The van der Waals surface area contributed by atoms with E-state index in [4.69, 9.17) is 29.9 Å². The number of hydrogen-bond acceptors (Lipinski definition) is 8. The van der Waals surface area contributed by atoms with Gasteiger partial charge in [-0.3, -0.25) is 0 Å². The Bertz CT molecular complexity index is 2280. The zero-order chi connectivity index (χ0) is 33.0. The molecule has 9 rings (SSSR count). The van der Waals surface area contributed by atoms with Crippen LogP contribution < -0.4 is 0 Å². The first-order valence-corrected chi connectivity index (χ1v) is 14.9. The summed E-state index contributed by atoms with van der Waals surface area (Å²) in [5.74, 6) is 0.183. The van der Waals surface area contributed by atoms with Crippen molar-refractivity contribution >= 4 is 66.7 Å². The third-order valence-electron chi connectivity index (χ3n) is 7.80. The summed E-state index contributed by atoms with van der Waals surface area (Å²) in [5.41, 5.74) is 6.45. The van der Waals surface area contributed by atoms with Gasteiger partial charge in [0.1, 0.15) is 22.6 Å². The molecular formula is C34H18AlF3N8O2+2. The first-order valence-electron chi connectivity index (χ1n) is 14.5. The molecular weight excluding hydrogens is 636 g/mol. The van der Waals surface area contributed by atoms with Gasteiger partial charge in [0.15, 0.2) is 23.3 Å². The maximum absolute atomic E-state index is 11.0. The molecule has 0 amide bonds. The van der Waals surface area contributed by atoms with E-state index in [0.29, 0.717) is 45.9 Å². The van der Waals surface area contributed by atoms with Crippen LogP contribution in [0.4, 0.5) is 13.2 Å². The number of H-pyrrole nitrogens is 2. The molecule has 8 bridgehead atoms. The van der Waals surface area contributed by atoms with Gasteiger partial charge < -0.3 is 9.97 Å². The Morgan fingerprint density at radius 2 is 0.771 bits per heavy atom. The molecule has 2 aliphatic rings. The van der Waals surface area contributed by atoms with E-state index >= 15 is 0 Å². The molecule has 228 valence electrons. The van der Waals surface area contributed by atoms with Crippen LogP contribution in [0.2, 0.25) is 0 Å². The van der Waals surface area contributed by atoms with Crippen molar-refractivity contribution in [2.45, 2.75) is 6.18 Å². The van der Waals surface area contributed by atoms with Crippen LogP contribution in [-0.4, -0.2) is 68.6 Å². The average Bonchev–Trinajstić information content (AvgIpc) is 3.83. The molecule has 14 heteroatoms. The fraction of sp³-hybridized carbons (Fsp3) is 0.0294. The van der Waals surface area contributed by atoms with Gasteiger partial charge >= 0.3 is 50.5 Å². The van der Waals surface area contributed by atoms with Gasteiger partial charge in [-0.15, -0.1) is 0 Å². The number of rotatable bonds is 0. The number of fused-ring (bicyclic) bond motifs is 20. The van der Waals surface area contributed by atoms with E-state index in [2.05, 4.69) is 13.8 Å². The summed E-state index contributed by atoms with van der Waals surface area (Å²) in [6.45, 7) is 0. The van der Waals surface area contributed by atoms with E-state index in [1.807, 2.05) is 97.1 Å². The minimum Gasteiger partial charge on any atom is -0.324 e. The van der Waals surface area contributed by atoms with Gasteiger partial charge in [0, 0.05) is 43.8 Å². The number of alkyl halides is 3. The Balaban J connectivity index is 0.000000377. The number of nitrogens with one attached hydrogen (secondary N) is 2. The van der Waals surface area contributed by atoms with Crippen molar-refractivity contribution in [3.05, 3.63) is 97.1 Å². The molecule has 0 saturated heterocycles. The fourth-order valence-corrected chi connectivity index (χ4v) is 5.79. The van der Waals surface area contributed by atoms with Crippen molar-refractivity contribution in [1.82, 2.24) is 39.9 Å². The van der Waals surface area contributed by atoms with E-state index in [1.54, 1.807) is 0 Å². The van der Waals surface area contributed by atoms with Gasteiger partial charge in [0.05, 0.1) is 0 Å². The van der Waals surface area contributed by atoms with Crippen LogP contribution >= 0.6 is 0 Å². The van der Waals surface area contributed by atoms with Crippen LogP contribution in [0.5, 0.6) is 0 Å². The SMILES string of the molecule is O=C([O][Al+2])C(F)(F)F.c1ccc2c(c1)-c1nc-2nc2[nH]c(nc3nc(nc4[nH]c(n1)c1ccccc41)-c1ccccc1-3)c1ccccc21. The second-order valence-corrected chi connectivity index (χ2v) is 10.9. The molecule has 5 heterocycles. The molecule has 0 radical (unpaired) electrons. The topological polar surface area (TPSA) is 135 Å². The molecule has 0 unspecified atom stereocenters. The number of hydrogen-bond donors (Lipinski definition) is 2. The predicted octanol–water partition coefficient (Wildman–Crippen LogP) is 7.04. The molecule has 0 fully saturated rings. The third kappa shape index (κ3) is 5.04. The maximum atomic E-state index is 11.0. The van der Waals surface area contributed by atoms with Gasteiger partial charge in [-0.2, -0.15) is 0 Å². The molecule has 0 spiro atoms. The van der Waals surface area contributed by atoms with Crippen LogP contribution in [-0.2, 0) is 8.58 Å². The number of halogens is 3. The molecule has 0 saturated carbocycles. The molecule has 4 aromatic carbocycles. The summed E-state index contributed by atoms with van der Waals surface area (Å²) in [4.78, 5) is 46.2. The minimum absolute atomic E-state index is 0.597. The Hall–Kier alpha value is -5.97. The van der Waals surface area contributed by atoms with Crippen LogP contribution in [0.3, 0.4) is 0 Å². The molecule has 2 N–H and O–H groups in total. The largest absolute Gasteiger partial charge is 0.324 e. The van der Waals surface area contributed by atoms with E-state index in [9.17, 15) is 18.0 Å². The second kappa shape index (κ2) is 11.4. The monoisotopic (exact) mass is 654 g/mol.